The summed E-state index contributed by atoms with van der Waals surface area (Å²) in [5, 5.41) is 16.0. The molecule has 0 radical (unpaired) electrons. The van der Waals surface area contributed by atoms with Crippen molar-refractivity contribution in [3.8, 4) is 28.5 Å². The van der Waals surface area contributed by atoms with Gasteiger partial charge in [-0.25, -0.2) is 9.97 Å². The van der Waals surface area contributed by atoms with E-state index in [1.54, 1.807) is 12.1 Å². The van der Waals surface area contributed by atoms with Gasteiger partial charge in [0.25, 0.3) is 0 Å². The van der Waals surface area contributed by atoms with Crippen molar-refractivity contribution in [3.05, 3.63) is 60.7 Å². The van der Waals surface area contributed by atoms with E-state index in [0.717, 1.165) is 63.6 Å². The predicted octanol–water partition coefficient (Wildman–Crippen LogP) is 4.11. The largest absolute Gasteiger partial charge is 0.508 e. The number of phenolic OH excluding ortho intramolecular Hbond substituents is 1. The molecule has 3 aromatic carbocycles. The number of hydrogen-bond acceptors (Lipinski definition) is 5. The molecule has 7 heteroatoms. The van der Waals surface area contributed by atoms with E-state index >= 15 is 0 Å². The predicted molar refractivity (Wildman–Crippen MR) is 121 cm³/mol. The van der Waals surface area contributed by atoms with E-state index in [0.29, 0.717) is 0 Å². The Morgan fingerprint density at radius 1 is 0.767 bits per heavy atom. The third-order valence-electron chi connectivity index (χ3n) is 5.08. The number of aromatic amines is 2. The van der Waals surface area contributed by atoms with Crippen LogP contribution in [-0.4, -0.2) is 45.2 Å². The number of fused-ring (bicyclic) bond motifs is 2. The van der Waals surface area contributed by atoms with E-state index < -0.39 is 0 Å². The first kappa shape index (κ1) is 18.2. The molecule has 5 aromatic rings. The van der Waals surface area contributed by atoms with Gasteiger partial charge < -0.3 is 25.7 Å². The van der Waals surface area contributed by atoms with Crippen LogP contribution in [0.25, 0.3) is 44.8 Å². The quantitative estimate of drug-likeness (QED) is 0.277. The van der Waals surface area contributed by atoms with Crippen LogP contribution in [-0.2, 0) is 0 Å². The number of hydrogen-bond donors (Lipinski definition) is 5. The van der Waals surface area contributed by atoms with Crippen LogP contribution in [0.2, 0.25) is 0 Å². The molecule has 7 nitrogen and oxygen atoms in total. The van der Waals surface area contributed by atoms with Crippen molar-refractivity contribution in [2.24, 2.45) is 0 Å². The van der Waals surface area contributed by atoms with Gasteiger partial charge in [0.15, 0.2) is 0 Å². The molecule has 0 fully saturated rings. The zero-order chi connectivity index (χ0) is 20.5. The topological polar surface area (TPSA) is 102 Å². The Morgan fingerprint density at radius 3 is 2.13 bits per heavy atom. The van der Waals surface area contributed by atoms with Crippen molar-refractivity contribution in [3.63, 3.8) is 0 Å². The molecule has 0 saturated carbocycles. The van der Waals surface area contributed by atoms with Crippen LogP contribution in [0, 0.1) is 0 Å². The molecule has 0 spiro atoms. The monoisotopic (exact) mass is 398 g/mol. The van der Waals surface area contributed by atoms with Gasteiger partial charge in [0.05, 0.1) is 22.1 Å². The zero-order valence-corrected chi connectivity index (χ0v) is 16.5. The van der Waals surface area contributed by atoms with Gasteiger partial charge in [0, 0.05) is 29.9 Å². The van der Waals surface area contributed by atoms with Gasteiger partial charge in [0.1, 0.15) is 17.4 Å². The molecule has 5 rings (SSSR count). The molecule has 2 heterocycles. The number of rotatable bonds is 6. The molecule has 30 heavy (non-hydrogen) atoms. The summed E-state index contributed by atoms with van der Waals surface area (Å²) in [7, 11) is 1.94. The first-order valence-electron chi connectivity index (χ1n) is 9.87. The number of nitrogens with zero attached hydrogens (tertiary/aromatic N) is 2. The fourth-order valence-corrected chi connectivity index (χ4v) is 3.50. The number of aromatic hydroxyl groups is 1. The highest BCUT2D eigenvalue weighted by Gasteiger charge is 2.10. The molecule has 150 valence electrons. The minimum Gasteiger partial charge on any atom is -0.508 e. The van der Waals surface area contributed by atoms with Crippen molar-refractivity contribution in [1.29, 1.82) is 0 Å². The normalized spacial score (nSPS) is 11.4. The molecule has 5 N–H and O–H groups in total. The molecule has 0 atom stereocenters. The number of anilines is 1. The lowest BCUT2D eigenvalue weighted by atomic mass is 10.2. The Labute approximate surface area is 173 Å². The van der Waals surface area contributed by atoms with E-state index in [4.69, 9.17) is 4.98 Å². The average molecular weight is 398 g/mol. The standard InChI is InChI=1S/C23H22N6O/c1-24-10-11-25-16-5-9-19-21(13-16)29-23(27-19)15-4-8-18-20(12-15)28-22(26-18)14-2-6-17(30)7-3-14/h2-9,12-13,24-25,30H,10-11H2,1H3,(H,26,28)(H,27,29). The molecule has 0 unspecified atom stereocenters. The van der Waals surface area contributed by atoms with Gasteiger partial charge in [0.2, 0.25) is 0 Å². The van der Waals surface area contributed by atoms with Crippen LogP contribution in [0.15, 0.2) is 60.7 Å². The summed E-state index contributed by atoms with van der Waals surface area (Å²) < 4.78 is 0. The Kier molecular flexibility index (Phi) is 4.57. The summed E-state index contributed by atoms with van der Waals surface area (Å²) in [6, 6.07) is 19.2. The van der Waals surface area contributed by atoms with Crippen LogP contribution in [0.3, 0.4) is 0 Å². The number of benzene rings is 3. The van der Waals surface area contributed by atoms with Crippen molar-refractivity contribution < 1.29 is 5.11 Å². The Bertz CT molecular complexity index is 1320. The molecular formula is C23H22N6O. The Morgan fingerprint density at radius 2 is 1.40 bits per heavy atom. The minimum atomic E-state index is 0.238. The number of likely N-dealkylation sites (N-methyl/N-ethyl adjacent to an activating group) is 1. The summed E-state index contributed by atoms with van der Waals surface area (Å²) in [5.74, 6) is 1.83. The van der Waals surface area contributed by atoms with Crippen LogP contribution >= 0.6 is 0 Å². The number of aromatic nitrogens is 4. The van der Waals surface area contributed by atoms with Crippen LogP contribution in [0.1, 0.15) is 0 Å². The van der Waals surface area contributed by atoms with Gasteiger partial charge in [-0.15, -0.1) is 0 Å². The molecular weight excluding hydrogens is 376 g/mol. The van der Waals surface area contributed by atoms with E-state index in [1.807, 2.05) is 43.4 Å². The number of phenols is 1. The molecule has 0 bridgehead atoms. The van der Waals surface area contributed by atoms with Gasteiger partial charge >= 0.3 is 0 Å². The van der Waals surface area contributed by atoms with Gasteiger partial charge in [-0.2, -0.15) is 0 Å². The lowest BCUT2D eigenvalue weighted by molar-refractivity contribution is 0.475. The van der Waals surface area contributed by atoms with Crippen molar-refractivity contribution in [2.45, 2.75) is 0 Å². The summed E-state index contributed by atoms with van der Waals surface area (Å²) in [5.41, 5.74) is 6.72. The fourth-order valence-electron chi connectivity index (χ4n) is 3.50. The number of H-pyrrole nitrogens is 2. The maximum Gasteiger partial charge on any atom is 0.138 e. The Balaban J connectivity index is 1.46. The van der Waals surface area contributed by atoms with E-state index in [2.05, 4.69) is 37.7 Å². The molecule has 0 amide bonds. The smallest absolute Gasteiger partial charge is 0.138 e. The molecule has 2 aromatic heterocycles. The maximum absolute atomic E-state index is 9.49. The summed E-state index contributed by atoms with van der Waals surface area (Å²) in [6.07, 6.45) is 0. The lowest BCUT2D eigenvalue weighted by Gasteiger charge is -2.05. The second kappa shape index (κ2) is 7.53. The van der Waals surface area contributed by atoms with E-state index in [9.17, 15) is 5.11 Å². The highest BCUT2D eigenvalue weighted by molar-refractivity contribution is 5.86. The van der Waals surface area contributed by atoms with Crippen LogP contribution in [0.5, 0.6) is 5.75 Å². The first-order chi connectivity index (χ1) is 14.7. The molecule has 0 aliphatic rings. The summed E-state index contributed by atoms with van der Waals surface area (Å²) in [6.45, 7) is 1.77. The first-order valence-corrected chi connectivity index (χ1v) is 9.87. The van der Waals surface area contributed by atoms with Crippen molar-refractivity contribution in [2.75, 3.05) is 25.5 Å². The second-order valence-corrected chi connectivity index (χ2v) is 7.21. The minimum absolute atomic E-state index is 0.238. The van der Waals surface area contributed by atoms with Gasteiger partial charge in [-0.05, 0) is 67.7 Å². The third-order valence-corrected chi connectivity index (χ3v) is 5.08. The van der Waals surface area contributed by atoms with E-state index in [1.165, 1.54) is 0 Å². The summed E-state index contributed by atoms with van der Waals surface area (Å²) in [4.78, 5) is 16.2. The highest BCUT2D eigenvalue weighted by Crippen LogP contribution is 2.27. The number of nitrogens with one attached hydrogen (secondary N) is 4. The zero-order valence-electron chi connectivity index (χ0n) is 16.5. The Hall–Kier alpha value is -3.84. The summed E-state index contributed by atoms with van der Waals surface area (Å²) >= 11 is 0. The molecule has 0 aliphatic heterocycles. The number of imidazole rings is 2. The third kappa shape index (κ3) is 3.46. The van der Waals surface area contributed by atoms with Gasteiger partial charge in [-0.3, -0.25) is 0 Å². The second-order valence-electron chi connectivity index (χ2n) is 7.21. The average Bonchev–Trinajstić information content (AvgIpc) is 3.37. The fraction of sp³-hybridized carbons (Fsp3) is 0.130. The lowest BCUT2D eigenvalue weighted by Crippen LogP contribution is -2.17. The van der Waals surface area contributed by atoms with Crippen LogP contribution < -0.4 is 10.6 Å². The van der Waals surface area contributed by atoms with Crippen molar-refractivity contribution >= 4 is 27.8 Å². The van der Waals surface area contributed by atoms with Gasteiger partial charge in [-0.1, -0.05) is 0 Å². The molecule has 0 saturated heterocycles. The maximum atomic E-state index is 9.49. The highest BCUT2D eigenvalue weighted by atomic mass is 16.3. The SMILES string of the molecule is CNCCNc1ccc2nc(-c3ccc4nc(-c5ccc(O)cc5)[nH]c4c3)[nH]c2c1. The van der Waals surface area contributed by atoms with Crippen molar-refractivity contribution in [1.82, 2.24) is 25.3 Å². The molecule has 0 aliphatic carbocycles. The van der Waals surface area contributed by atoms with E-state index in [-0.39, 0.29) is 5.75 Å². The van der Waals surface area contributed by atoms with Crippen LogP contribution in [0.4, 0.5) is 5.69 Å².